The summed E-state index contributed by atoms with van der Waals surface area (Å²) in [5.41, 5.74) is 0. The van der Waals surface area contributed by atoms with Crippen molar-refractivity contribution in [2.75, 3.05) is 33.2 Å². The molecule has 0 amide bonds. The first-order chi connectivity index (χ1) is 7.35. The van der Waals surface area contributed by atoms with E-state index in [0.717, 1.165) is 12.8 Å². The molecule has 0 spiro atoms. The fourth-order valence-electron chi connectivity index (χ4n) is 1.12. The Kier molecular flexibility index (Phi) is 11.7. The summed E-state index contributed by atoms with van der Waals surface area (Å²) in [6, 6.07) is 0. The van der Waals surface area contributed by atoms with Gasteiger partial charge in [0.05, 0.1) is 26.1 Å². The van der Waals surface area contributed by atoms with Crippen molar-refractivity contribution < 1.29 is 18.3 Å². The Balaban J connectivity index is 3.44. The molecule has 0 N–H and O–H groups in total. The van der Waals surface area contributed by atoms with Gasteiger partial charge in [-0.1, -0.05) is 13.3 Å². The zero-order valence-electron chi connectivity index (χ0n) is 9.22. The predicted octanol–water partition coefficient (Wildman–Crippen LogP) is 2.72. The van der Waals surface area contributed by atoms with Gasteiger partial charge < -0.3 is 9.47 Å². The van der Waals surface area contributed by atoms with Gasteiger partial charge in [-0.05, 0) is 19.3 Å². The quantitative estimate of drug-likeness (QED) is 0.501. The normalized spacial score (nSPS) is 13.0. The van der Waals surface area contributed by atoms with Crippen LogP contribution in [0.25, 0.3) is 0 Å². The van der Waals surface area contributed by atoms with Crippen LogP contribution in [-0.2, 0) is 9.47 Å². The van der Waals surface area contributed by atoms with Crippen LogP contribution >= 0.6 is 0 Å². The molecule has 0 fully saturated rings. The second-order valence-corrected chi connectivity index (χ2v) is 3.30. The number of hydrogen-bond donors (Lipinski definition) is 0. The number of ether oxygens (including phenoxy) is 2. The minimum Gasteiger partial charge on any atom is -0.379 e. The van der Waals surface area contributed by atoms with Gasteiger partial charge in [-0.25, -0.2) is 0 Å². The van der Waals surface area contributed by atoms with E-state index in [1.807, 2.05) is 0 Å². The lowest BCUT2D eigenvalue weighted by atomic mass is 10.2. The summed E-state index contributed by atoms with van der Waals surface area (Å²) in [6.07, 6.45) is 2.35. The zero-order chi connectivity index (χ0) is 11.4. The molecule has 0 aromatic heterocycles. The maximum Gasteiger partial charge on any atom is 0.0916 e. The Morgan fingerprint density at radius 1 is 1.07 bits per heavy atom. The van der Waals surface area contributed by atoms with Crippen LogP contribution in [0.2, 0.25) is 0 Å². The van der Waals surface area contributed by atoms with Crippen LogP contribution < -0.4 is 0 Å². The topological polar surface area (TPSA) is 18.5 Å². The van der Waals surface area contributed by atoms with E-state index in [0.29, 0.717) is 32.7 Å². The third-order valence-corrected chi connectivity index (χ3v) is 1.88. The van der Waals surface area contributed by atoms with E-state index in [1.165, 1.54) is 0 Å². The molecule has 2 nitrogen and oxygen atoms in total. The SMILES string of the molecule is [CH2]CCC(COCCCF)OCCCF. The third-order valence-electron chi connectivity index (χ3n) is 1.88. The maximum absolute atomic E-state index is 11.8. The van der Waals surface area contributed by atoms with Crippen LogP contribution in [0.1, 0.15) is 25.7 Å². The lowest BCUT2D eigenvalue weighted by molar-refractivity contribution is -0.0229. The summed E-state index contributed by atoms with van der Waals surface area (Å²) >= 11 is 0. The average Bonchev–Trinajstić information content (AvgIpc) is 2.24. The summed E-state index contributed by atoms with van der Waals surface area (Å²) < 4.78 is 34.2. The van der Waals surface area contributed by atoms with E-state index in [-0.39, 0.29) is 19.5 Å². The molecular formula is C11H21F2O2. The number of hydrogen-bond acceptors (Lipinski definition) is 2. The highest BCUT2D eigenvalue weighted by atomic mass is 19.1. The molecule has 1 radical (unpaired) electrons. The highest BCUT2D eigenvalue weighted by Crippen LogP contribution is 2.04. The van der Waals surface area contributed by atoms with Gasteiger partial charge in [0.25, 0.3) is 0 Å². The van der Waals surface area contributed by atoms with Crippen molar-refractivity contribution in [3.63, 3.8) is 0 Å². The molecule has 0 rings (SSSR count). The number of rotatable bonds is 11. The van der Waals surface area contributed by atoms with Crippen molar-refractivity contribution in [1.29, 1.82) is 0 Å². The highest BCUT2D eigenvalue weighted by molar-refractivity contribution is 4.58. The molecule has 15 heavy (non-hydrogen) atoms. The van der Waals surface area contributed by atoms with Crippen molar-refractivity contribution in [1.82, 2.24) is 0 Å². The van der Waals surface area contributed by atoms with E-state index in [4.69, 9.17) is 9.47 Å². The summed E-state index contributed by atoms with van der Waals surface area (Å²) in [5, 5.41) is 0. The number of halogens is 2. The third kappa shape index (κ3) is 10.1. The molecule has 0 aliphatic carbocycles. The number of alkyl halides is 2. The van der Waals surface area contributed by atoms with Crippen molar-refractivity contribution in [3.8, 4) is 0 Å². The van der Waals surface area contributed by atoms with E-state index < -0.39 is 0 Å². The summed E-state index contributed by atoms with van der Waals surface area (Å²) in [6.45, 7) is 4.28. The Morgan fingerprint density at radius 3 is 2.33 bits per heavy atom. The van der Waals surface area contributed by atoms with Gasteiger partial charge in [-0.15, -0.1) is 0 Å². The lowest BCUT2D eigenvalue weighted by Gasteiger charge is -2.16. The Morgan fingerprint density at radius 2 is 1.73 bits per heavy atom. The predicted molar refractivity (Wildman–Crippen MR) is 56.3 cm³/mol. The van der Waals surface area contributed by atoms with Crippen molar-refractivity contribution in [3.05, 3.63) is 6.92 Å². The van der Waals surface area contributed by atoms with Gasteiger partial charge >= 0.3 is 0 Å². The van der Waals surface area contributed by atoms with Gasteiger partial charge in [0.15, 0.2) is 0 Å². The molecule has 0 bridgehead atoms. The summed E-state index contributed by atoms with van der Waals surface area (Å²) in [5.74, 6) is 0. The second-order valence-electron chi connectivity index (χ2n) is 3.30. The smallest absolute Gasteiger partial charge is 0.0916 e. The molecule has 0 aromatic rings. The molecule has 0 aliphatic rings. The van der Waals surface area contributed by atoms with Gasteiger partial charge in [-0.2, -0.15) is 0 Å². The molecule has 0 aromatic carbocycles. The fourth-order valence-corrected chi connectivity index (χ4v) is 1.12. The molecule has 1 atom stereocenters. The molecule has 0 saturated heterocycles. The van der Waals surface area contributed by atoms with E-state index in [1.54, 1.807) is 0 Å². The van der Waals surface area contributed by atoms with E-state index in [2.05, 4.69) is 6.92 Å². The minimum absolute atomic E-state index is 0.0336. The van der Waals surface area contributed by atoms with Gasteiger partial charge in [0.2, 0.25) is 0 Å². The standard InChI is InChI=1S/C11H21F2O2/c1-2-5-11(15-9-4-7-13)10-14-8-3-6-12/h11H,1-10H2. The van der Waals surface area contributed by atoms with E-state index in [9.17, 15) is 8.78 Å². The summed E-state index contributed by atoms with van der Waals surface area (Å²) in [7, 11) is 0. The first-order valence-corrected chi connectivity index (χ1v) is 5.45. The van der Waals surface area contributed by atoms with Crippen LogP contribution in [-0.4, -0.2) is 39.3 Å². The molecule has 0 saturated carbocycles. The summed E-state index contributed by atoms with van der Waals surface area (Å²) in [4.78, 5) is 0. The Bertz CT molecular complexity index is 123. The Hall–Kier alpha value is -0.220. The van der Waals surface area contributed by atoms with Crippen LogP contribution in [0.15, 0.2) is 0 Å². The first-order valence-electron chi connectivity index (χ1n) is 5.45. The van der Waals surface area contributed by atoms with Gasteiger partial charge in [0.1, 0.15) is 0 Å². The van der Waals surface area contributed by atoms with Crippen LogP contribution in [0, 0.1) is 6.92 Å². The lowest BCUT2D eigenvalue weighted by Crippen LogP contribution is -2.21. The van der Waals surface area contributed by atoms with Crippen LogP contribution in [0.5, 0.6) is 0 Å². The van der Waals surface area contributed by atoms with Gasteiger partial charge in [-0.3, -0.25) is 8.78 Å². The largest absolute Gasteiger partial charge is 0.379 e. The molecule has 0 aliphatic heterocycles. The fraction of sp³-hybridized carbons (Fsp3) is 0.909. The molecular weight excluding hydrogens is 202 g/mol. The molecule has 91 valence electrons. The molecule has 1 unspecified atom stereocenters. The van der Waals surface area contributed by atoms with Crippen molar-refractivity contribution in [2.45, 2.75) is 31.8 Å². The van der Waals surface area contributed by atoms with Gasteiger partial charge in [0, 0.05) is 13.2 Å². The van der Waals surface area contributed by atoms with Crippen molar-refractivity contribution >= 4 is 0 Å². The average molecular weight is 223 g/mol. The van der Waals surface area contributed by atoms with E-state index >= 15 is 0 Å². The monoisotopic (exact) mass is 223 g/mol. The minimum atomic E-state index is -0.361. The zero-order valence-corrected chi connectivity index (χ0v) is 9.22. The highest BCUT2D eigenvalue weighted by Gasteiger charge is 2.07. The Labute approximate surface area is 90.9 Å². The van der Waals surface area contributed by atoms with Crippen LogP contribution in [0.3, 0.4) is 0 Å². The second kappa shape index (κ2) is 11.9. The van der Waals surface area contributed by atoms with Crippen molar-refractivity contribution in [2.24, 2.45) is 0 Å². The molecule has 0 heterocycles. The first kappa shape index (κ1) is 14.8. The maximum atomic E-state index is 11.8. The van der Waals surface area contributed by atoms with Crippen LogP contribution in [0.4, 0.5) is 8.78 Å². The molecule has 4 heteroatoms.